The highest BCUT2D eigenvalue weighted by Crippen LogP contribution is 2.21. The van der Waals surface area contributed by atoms with Gasteiger partial charge in [-0.05, 0) is 26.2 Å². The minimum Gasteiger partial charge on any atom is -0.390 e. The third-order valence-corrected chi connectivity index (χ3v) is 2.66. The van der Waals surface area contributed by atoms with E-state index in [0.717, 1.165) is 6.42 Å². The number of likely N-dealkylation sites (tertiary alicyclic amines) is 1. The topological polar surface area (TPSA) is 40.5 Å². The van der Waals surface area contributed by atoms with Crippen molar-refractivity contribution < 1.29 is 9.90 Å². The van der Waals surface area contributed by atoms with E-state index in [1.165, 1.54) is 0 Å². The van der Waals surface area contributed by atoms with E-state index in [9.17, 15) is 9.90 Å². The summed E-state index contributed by atoms with van der Waals surface area (Å²) in [6.07, 6.45) is 2.97. The Morgan fingerprint density at radius 2 is 2.00 bits per heavy atom. The summed E-state index contributed by atoms with van der Waals surface area (Å²) in [7, 11) is 0. The van der Waals surface area contributed by atoms with E-state index < -0.39 is 5.60 Å². The quantitative estimate of drug-likeness (QED) is 0.701. The minimum atomic E-state index is -0.553. The SMILES string of the molecule is CCCC(=O)N1CCC(C)(O)CC1. The van der Waals surface area contributed by atoms with Crippen LogP contribution in [0.1, 0.15) is 39.5 Å². The molecule has 0 spiro atoms. The third kappa shape index (κ3) is 2.99. The number of hydrogen-bond donors (Lipinski definition) is 1. The van der Waals surface area contributed by atoms with Crippen LogP contribution in [0.15, 0.2) is 0 Å². The van der Waals surface area contributed by atoms with Crippen molar-refractivity contribution in [2.24, 2.45) is 0 Å². The summed E-state index contributed by atoms with van der Waals surface area (Å²) in [5.74, 6) is 0.234. The Kier molecular flexibility index (Phi) is 3.31. The van der Waals surface area contributed by atoms with Crippen molar-refractivity contribution in [1.29, 1.82) is 0 Å². The molecule has 1 aliphatic heterocycles. The maximum absolute atomic E-state index is 11.5. The maximum Gasteiger partial charge on any atom is 0.222 e. The molecule has 1 saturated heterocycles. The van der Waals surface area contributed by atoms with E-state index >= 15 is 0 Å². The lowest BCUT2D eigenvalue weighted by Crippen LogP contribution is -2.45. The predicted molar refractivity (Wildman–Crippen MR) is 51.3 cm³/mol. The van der Waals surface area contributed by atoms with Crippen molar-refractivity contribution in [3.63, 3.8) is 0 Å². The predicted octanol–water partition coefficient (Wildman–Crippen LogP) is 1.16. The zero-order valence-electron chi connectivity index (χ0n) is 8.55. The van der Waals surface area contributed by atoms with Gasteiger partial charge in [-0.2, -0.15) is 0 Å². The first-order chi connectivity index (χ1) is 6.05. The van der Waals surface area contributed by atoms with Crippen LogP contribution in [0.25, 0.3) is 0 Å². The molecule has 0 aromatic rings. The summed E-state index contributed by atoms with van der Waals surface area (Å²) >= 11 is 0. The number of aliphatic hydroxyl groups is 1. The highest BCUT2D eigenvalue weighted by molar-refractivity contribution is 5.76. The third-order valence-electron chi connectivity index (χ3n) is 2.66. The molecular formula is C10H19NO2. The van der Waals surface area contributed by atoms with Crippen LogP contribution >= 0.6 is 0 Å². The normalized spacial score (nSPS) is 21.6. The van der Waals surface area contributed by atoms with Crippen molar-refractivity contribution in [1.82, 2.24) is 4.90 Å². The van der Waals surface area contributed by atoms with E-state index in [1.54, 1.807) is 0 Å². The van der Waals surface area contributed by atoms with Gasteiger partial charge in [-0.3, -0.25) is 4.79 Å². The molecule has 1 heterocycles. The van der Waals surface area contributed by atoms with Gasteiger partial charge in [-0.1, -0.05) is 6.92 Å². The van der Waals surface area contributed by atoms with Gasteiger partial charge in [0.25, 0.3) is 0 Å². The summed E-state index contributed by atoms with van der Waals surface area (Å²) in [6, 6.07) is 0. The average molecular weight is 185 g/mol. The Hall–Kier alpha value is -0.570. The van der Waals surface area contributed by atoms with Crippen molar-refractivity contribution >= 4 is 5.91 Å². The van der Waals surface area contributed by atoms with E-state index in [2.05, 4.69) is 0 Å². The molecule has 1 N–H and O–H groups in total. The number of nitrogens with zero attached hydrogens (tertiary/aromatic N) is 1. The highest BCUT2D eigenvalue weighted by Gasteiger charge is 2.28. The Balaban J connectivity index is 2.36. The van der Waals surface area contributed by atoms with E-state index in [-0.39, 0.29) is 5.91 Å². The molecule has 1 rings (SSSR count). The molecule has 1 amide bonds. The van der Waals surface area contributed by atoms with Gasteiger partial charge in [0.15, 0.2) is 0 Å². The maximum atomic E-state index is 11.5. The summed E-state index contributed by atoms with van der Waals surface area (Å²) in [6.45, 7) is 5.28. The van der Waals surface area contributed by atoms with Gasteiger partial charge in [-0.15, -0.1) is 0 Å². The first-order valence-corrected chi connectivity index (χ1v) is 5.05. The standard InChI is InChI=1S/C10H19NO2/c1-3-4-9(12)11-7-5-10(2,13)6-8-11/h13H,3-8H2,1-2H3. The fourth-order valence-corrected chi connectivity index (χ4v) is 1.61. The van der Waals surface area contributed by atoms with Gasteiger partial charge in [0.2, 0.25) is 5.91 Å². The molecule has 0 aromatic heterocycles. The lowest BCUT2D eigenvalue weighted by Gasteiger charge is -2.35. The van der Waals surface area contributed by atoms with Crippen LogP contribution in [0.2, 0.25) is 0 Å². The van der Waals surface area contributed by atoms with Crippen LogP contribution in [0.3, 0.4) is 0 Å². The summed E-state index contributed by atoms with van der Waals surface area (Å²) in [4.78, 5) is 13.3. The number of piperidine rings is 1. The molecule has 0 aromatic carbocycles. The zero-order valence-corrected chi connectivity index (χ0v) is 8.55. The Morgan fingerprint density at radius 1 is 1.46 bits per heavy atom. The van der Waals surface area contributed by atoms with Gasteiger partial charge >= 0.3 is 0 Å². The van der Waals surface area contributed by atoms with Crippen molar-refractivity contribution in [3.8, 4) is 0 Å². The summed E-state index contributed by atoms with van der Waals surface area (Å²) < 4.78 is 0. The summed E-state index contributed by atoms with van der Waals surface area (Å²) in [5.41, 5.74) is -0.553. The molecule has 0 bridgehead atoms. The number of carbonyl (C=O) groups is 1. The van der Waals surface area contributed by atoms with Crippen molar-refractivity contribution in [2.75, 3.05) is 13.1 Å². The lowest BCUT2D eigenvalue weighted by molar-refractivity contribution is -0.134. The second kappa shape index (κ2) is 4.09. The number of rotatable bonds is 2. The van der Waals surface area contributed by atoms with Gasteiger partial charge in [0.1, 0.15) is 0 Å². The molecule has 0 saturated carbocycles. The van der Waals surface area contributed by atoms with E-state index in [4.69, 9.17) is 0 Å². The van der Waals surface area contributed by atoms with E-state index in [0.29, 0.717) is 32.4 Å². The first-order valence-electron chi connectivity index (χ1n) is 5.05. The molecule has 13 heavy (non-hydrogen) atoms. The largest absolute Gasteiger partial charge is 0.390 e. The van der Waals surface area contributed by atoms with E-state index in [1.807, 2.05) is 18.7 Å². The van der Waals surface area contributed by atoms with Crippen LogP contribution < -0.4 is 0 Å². The highest BCUT2D eigenvalue weighted by atomic mass is 16.3. The van der Waals surface area contributed by atoms with Crippen LogP contribution in [-0.2, 0) is 4.79 Å². The Bertz CT molecular complexity index is 179. The average Bonchev–Trinajstić information content (AvgIpc) is 2.04. The molecule has 0 unspecified atom stereocenters. The van der Waals surface area contributed by atoms with Crippen LogP contribution in [0, 0.1) is 0 Å². The fourth-order valence-electron chi connectivity index (χ4n) is 1.61. The molecule has 0 atom stereocenters. The smallest absolute Gasteiger partial charge is 0.222 e. The second-order valence-corrected chi connectivity index (χ2v) is 4.13. The van der Waals surface area contributed by atoms with Crippen LogP contribution in [0.4, 0.5) is 0 Å². The Labute approximate surface area is 79.7 Å². The molecule has 1 aliphatic rings. The fraction of sp³-hybridized carbons (Fsp3) is 0.900. The van der Waals surface area contributed by atoms with Crippen LogP contribution in [0.5, 0.6) is 0 Å². The van der Waals surface area contributed by atoms with Crippen molar-refractivity contribution in [3.05, 3.63) is 0 Å². The molecule has 0 aliphatic carbocycles. The summed E-state index contributed by atoms with van der Waals surface area (Å²) in [5, 5.41) is 9.67. The molecular weight excluding hydrogens is 166 g/mol. The molecule has 1 fully saturated rings. The van der Waals surface area contributed by atoms with Gasteiger partial charge in [0, 0.05) is 19.5 Å². The minimum absolute atomic E-state index is 0.234. The zero-order chi connectivity index (χ0) is 9.90. The lowest BCUT2D eigenvalue weighted by atomic mass is 9.94. The molecule has 3 heteroatoms. The first kappa shape index (κ1) is 10.5. The second-order valence-electron chi connectivity index (χ2n) is 4.13. The molecule has 0 radical (unpaired) electrons. The molecule has 3 nitrogen and oxygen atoms in total. The monoisotopic (exact) mass is 185 g/mol. The number of carbonyl (C=O) groups excluding carboxylic acids is 1. The van der Waals surface area contributed by atoms with Gasteiger partial charge in [-0.25, -0.2) is 0 Å². The van der Waals surface area contributed by atoms with Gasteiger partial charge < -0.3 is 10.0 Å². The van der Waals surface area contributed by atoms with Crippen LogP contribution in [-0.4, -0.2) is 34.6 Å². The van der Waals surface area contributed by atoms with Crippen molar-refractivity contribution in [2.45, 2.75) is 45.1 Å². The Morgan fingerprint density at radius 3 is 2.46 bits per heavy atom. The molecule has 76 valence electrons. The van der Waals surface area contributed by atoms with Gasteiger partial charge in [0.05, 0.1) is 5.60 Å². The number of amides is 1. The number of hydrogen-bond acceptors (Lipinski definition) is 2.